The summed E-state index contributed by atoms with van der Waals surface area (Å²) in [5.41, 5.74) is -2.51. The number of amides is 1. The highest BCUT2D eigenvalue weighted by atomic mass is 32.2. The number of alkyl halides is 3. The molecule has 0 bridgehead atoms. The normalized spacial score (nSPS) is 26.1. The van der Waals surface area contributed by atoms with Gasteiger partial charge in [0.15, 0.2) is 0 Å². The maximum Gasteiger partial charge on any atom is 0.416 e. The van der Waals surface area contributed by atoms with Crippen LogP contribution < -0.4 is 20.7 Å². The predicted molar refractivity (Wildman–Crippen MR) is 112 cm³/mol. The quantitative estimate of drug-likeness (QED) is 0.459. The third-order valence-electron chi connectivity index (χ3n) is 5.88. The molecule has 1 aromatic rings. The maximum absolute atomic E-state index is 13.6. The van der Waals surface area contributed by atoms with Crippen molar-refractivity contribution < 1.29 is 27.1 Å². The highest BCUT2D eigenvalue weighted by Gasteiger charge is 2.49. The van der Waals surface area contributed by atoms with Gasteiger partial charge >= 0.3 is 6.18 Å². The van der Waals surface area contributed by atoms with Crippen molar-refractivity contribution >= 4 is 17.7 Å². The summed E-state index contributed by atoms with van der Waals surface area (Å²) < 4.78 is 58.6. The maximum atomic E-state index is 13.6. The number of ether oxygens (including phenoxy) is 1. The van der Waals surface area contributed by atoms with Crippen LogP contribution in [0.25, 0.3) is 0 Å². The molecule has 1 amide bonds. The van der Waals surface area contributed by atoms with E-state index in [9.17, 15) is 22.4 Å². The first kappa shape index (κ1) is 23.5. The van der Waals surface area contributed by atoms with Crippen molar-refractivity contribution in [3.8, 4) is 5.75 Å². The minimum atomic E-state index is -4.57. The fourth-order valence-corrected chi connectivity index (χ4v) is 4.67. The molecule has 0 aliphatic carbocycles. The number of nitrogens with one attached hydrogen (secondary N) is 3. The van der Waals surface area contributed by atoms with E-state index in [4.69, 9.17) is 4.74 Å². The molecule has 3 N–H and O–H groups in total. The Bertz CT molecular complexity index is 885. The summed E-state index contributed by atoms with van der Waals surface area (Å²) in [5.74, 6) is -1.14. The number of hydrogen-bond acceptors (Lipinski definition) is 5. The van der Waals surface area contributed by atoms with E-state index in [-0.39, 0.29) is 16.2 Å². The molecule has 2 aliphatic rings. The van der Waals surface area contributed by atoms with Crippen molar-refractivity contribution in [3.05, 3.63) is 47.4 Å². The molecule has 1 fully saturated rings. The van der Waals surface area contributed by atoms with Crippen LogP contribution in [0.5, 0.6) is 5.75 Å². The molecule has 0 radical (unpaired) electrons. The molecule has 31 heavy (non-hydrogen) atoms. The van der Waals surface area contributed by atoms with Crippen LogP contribution in [-0.4, -0.2) is 43.4 Å². The second-order valence-corrected chi connectivity index (χ2v) is 8.63. The largest absolute Gasteiger partial charge is 0.496 e. The SMILES string of the molecule is COc1cc(C(F)(F)F)cc(SC)c1C(=O)NC1([C@@]2(C)C=CC(F)=CN2)CCCNC1. The molecule has 1 saturated heterocycles. The molecule has 1 unspecified atom stereocenters. The van der Waals surface area contributed by atoms with E-state index >= 15 is 0 Å². The van der Waals surface area contributed by atoms with Crippen LogP contribution in [0.3, 0.4) is 0 Å². The second kappa shape index (κ2) is 8.74. The average molecular weight is 460 g/mol. The lowest BCUT2D eigenvalue weighted by Crippen LogP contribution is -2.72. The second-order valence-electron chi connectivity index (χ2n) is 7.78. The van der Waals surface area contributed by atoms with Gasteiger partial charge < -0.3 is 20.7 Å². The number of allylic oxidation sites excluding steroid dienone is 2. The molecule has 0 saturated carbocycles. The van der Waals surface area contributed by atoms with Crippen LogP contribution in [0.4, 0.5) is 17.6 Å². The Kier molecular flexibility index (Phi) is 6.61. The highest BCUT2D eigenvalue weighted by molar-refractivity contribution is 7.98. The third-order valence-corrected chi connectivity index (χ3v) is 6.64. The first-order valence-corrected chi connectivity index (χ1v) is 11.0. The van der Waals surface area contributed by atoms with E-state index in [2.05, 4.69) is 16.0 Å². The Morgan fingerprint density at radius 1 is 1.32 bits per heavy atom. The van der Waals surface area contributed by atoms with Crippen LogP contribution >= 0.6 is 11.8 Å². The third kappa shape index (κ3) is 4.55. The number of hydrogen-bond donors (Lipinski definition) is 3. The minimum absolute atomic E-state index is 0.0399. The van der Waals surface area contributed by atoms with Crippen LogP contribution in [-0.2, 0) is 6.18 Å². The Balaban J connectivity index is 2.02. The lowest BCUT2D eigenvalue weighted by atomic mass is 9.72. The fraction of sp³-hybridized carbons (Fsp3) is 0.476. The van der Waals surface area contributed by atoms with Gasteiger partial charge in [-0.05, 0) is 50.8 Å². The number of benzene rings is 1. The molecule has 3 rings (SSSR count). The van der Waals surface area contributed by atoms with Crippen molar-refractivity contribution in [1.29, 1.82) is 0 Å². The van der Waals surface area contributed by atoms with Gasteiger partial charge in [-0.15, -0.1) is 11.8 Å². The summed E-state index contributed by atoms with van der Waals surface area (Å²) in [7, 11) is 1.23. The Morgan fingerprint density at radius 3 is 2.58 bits per heavy atom. The Morgan fingerprint density at radius 2 is 2.06 bits per heavy atom. The smallest absolute Gasteiger partial charge is 0.416 e. The molecule has 2 atom stereocenters. The lowest BCUT2D eigenvalue weighted by Gasteiger charge is -2.51. The number of piperidine rings is 1. The molecule has 2 heterocycles. The number of carbonyl (C=O) groups is 1. The van der Waals surface area contributed by atoms with Gasteiger partial charge in [-0.1, -0.05) is 6.08 Å². The van der Waals surface area contributed by atoms with Crippen LogP contribution in [0, 0.1) is 0 Å². The first-order chi connectivity index (χ1) is 14.5. The molecule has 1 aromatic carbocycles. The van der Waals surface area contributed by atoms with Gasteiger partial charge in [0.25, 0.3) is 5.91 Å². The van der Waals surface area contributed by atoms with Crippen molar-refractivity contribution in [3.63, 3.8) is 0 Å². The number of rotatable bonds is 5. The van der Waals surface area contributed by atoms with E-state index in [0.717, 1.165) is 36.9 Å². The van der Waals surface area contributed by atoms with Gasteiger partial charge in [0.2, 0.25) is 0 Å². The first-order valence-electron chi connectivity index (χ1n) is 9.74. The van der Waals surface area contributed by atoms with Crippen molar-refractivity contribution in [2.75, 3.05) is 26.5 Å². The van der Waals surface area contributed by atoms with Crippen molar-refractivity contribution in [1.82, 2.24) is 16.0 Å². The van der Waals surface area contributed by atoms with Crippen LogP contribution in [0.15, 0.2) is 41.2 Å². The zero-order chi connectivity index (χ0) is 22.9. The van der Waals surface area contributed by atoms with Crippen molar-refractivity contribution in [2.45, 2.75) is 41.9 Å². The standard InChI is InChI=1S/C21H25F4N3O2S/c1-19(7-5-14(22)11-27-19)20(6-4-8-26-12-20)28-18(29)17-15(30-2)9-13(21(23,24)25)10-16(17)31-3/h5,7,9-11,26-27H,4,6,8,12H2,1-3H3,(H,28,29)/t19-,20?/m1/s1. The molecule has 5 nitrogen and oxygen atoms in total. The zero-order valence-corrected chi connectivity index (χ0v) is 18.3. The summed E-state index contributed by atoms with van der Waals surface area (Å²) in [6, 6.07) is 1.78. The van der Waals surface area contributed by atoms with E-state index in [0.29, 0.717) is 13.0 Å². The summed E-state index contributed by atoms with van der Waals surface area (Å²) >= 11 is 1.03. The molecule has 170 valence electrons. The highest BCUT2D eigenvalue weighted by Crippen LogP contribution is 2.39. The molecular formula is C21H25F4N3O2S. The average Bonchev–Trinajstić information content (AvgIpc) is 2.74. The van der Waals surface area contributed by atoms with E-state index in [1.807, 2.05) is 6.92 Å². The lowest BCUT2D eigenvalue weighted by molar-refractivity contribution is -0.137. The summed E-state index contributed by atoms with van der Waals surface area (Å²) in [6.45, 7) is 3.01. The molecule has 0 spiro atoms. The summed E-state index contributed by atoms with van der Waals surface area (Å²) in [4.78, 5) is 13.6. The predicted octanol–water partition coefficient (Wildman–Crippen LogP) is 4.02. The molecule has 2 aliphatic heterocycles. The Labute approximate surface area is 182 Å². The molecule has 0 aromatic heterocycles. The molecule has 10 heteroatoms. The molecular weight excluding hydrogens is 434 g/mol. The minimum Gasteiger partial charge on any atom is -0.496 e. The van der Waals surface area contributed by atoms with E-state index in [1.165, 1.54) is 19.4 Å². The number of halogens is 4. The monoisotopic (exact) mass is 459 g/mol. The number of carbonyl (C=O) groups excluding carboxylic acids is 1. The van der Waals surface area contributed by atoms with Crippen molar-refractivity contribution in [2.24, 2.45) is 0 Å². The fourth-order valence-electron chi connectivity index (χ4n) is 4.02. The van der Waals surface area contributed by atoms with Gasteiger partial charge in [-0.2, -0.15) is 13.2 Å². The van der Waals surface area contributed by atoms with Crippen LogP contribution in [0.2, 0.25) is 0 Å². The topological polar surface area (TPSA) is 62.4 Å². The van der Waals surface area contributed by atoms with Gasteiger partial charge in [0, 0.05) is 17.6 Å². The van der Waals surface area contributed by atoms with Gasteiger partial charge in [-0.25, -0.2) is 4.39 Å². The Hall–Kier alpha value is -2.20. The zero-order valence-electron chi connectivity index (χ0n) is 17.5. The van der Waals surface area contributed by atoms with Gasteiger partial charge in [0.05, 0.1) is 29.3 Å². The van der Waals surface area contributed by atoms with Gasteiger partial charge in [-0.3, -0.25) is 4.79 Å². The van der Waals surface area contributed by atoms with E-state index in [1.54, 1.807) is 12.3 Å². The summed E-state index contributed by atoms with van der Waals surface area (Å²) in [5, 5.41) is 9.34. The summed E-state index contributed by atoms with van der Waals surface area (Å²) in [6.07, 6.45) is 2.63. The van der Waals surface area contributed by atoms with Gasteiger partial charge in [0.1, 0.15) is 11.6 Å². The number of thioether (sulfide) groups is 1. The van der Waals surface area contributed by atoms with Crippen LogP contribution in [0.1, 0.15) is 35.7 Å². The number of methoxy groups -OCH3 is 1. The van der Waals surface area contributed by atoms with E-state index < -0.39 is 34.6 Å². The number of dihydropyridines is 1.